The normalized spacial score (nSPS) is 10.2. The molecule has 2 rings (SSSR count). The number of pyridine rings is 1. The molecule has 4 nitrogen and oxygen atoms in total. The van der Waals surface area contributed by atoms with Crippen LogP contribution in [0.1, 0.15) is 21.6 Å². The number of anilines is 1. The first kappa shape index (κ1) is 11.7. The number of carbonyl (C=O) groups excluding carboxylic acids is 1. The highest BCUT2D eigenvalue weighted by Gasteiger charge is 2.12. The molecule has 6 heteroatoms. The van der Waals surface area contributed by atoms with Crippen LogP contribution in [-0.4, -0.2) is 15.9 Å². The van der Waals surface area contributed by atoms with Crippen molar-refractivity contribution in [2.75, 3.05) is 5.32 Å². The molecule has 2 aromatic heterocycles. The van der Waals surface area contributed by atoms with Gasteiger partial charge in [0.2, 0.25) is 0 Å². The lowest BCUT2D eigenvalue weighted by atomic mass is 10.3. The highest BCUT2D eigenvalue weighted by Crippen LogP contribution is 2.17. The third kappa shape index (κ3) is 2.65. The van der Waals surface area contributed by atoms with Crippen molar-refractivity contribution in [3.05, 3.63) is 40.4 Å². The van der Waals surface area contributed by atoms with E-state index >= 15 is 0 Å². The van der Waals surface area contributed by atoms with Gasteiger partial charge in [-0.15, -0.1) is 11.3 Å². The Labute approximate surface area is 102 Å². The summed E-state index contributed by atoms with van der Waals surface area (Å²) in [6.07, 6.45) is 4.75. The molecule has 0 fully saturated rings. The Morgan fingerprint density at radius 2 is 2.35 bits per heavy atom. The summed E-state index contributed by atoms with van der Waals surface area (Å²) in [4.78, 5) is 19.9. The van der Waals surface area contributed by atoms with Gasteiger partial charge in [-0.25, -0.2) is 9.37 Å². The molecule has 0 saturated heterocycles. The Balaban J connectivity index is 2.14. The maximum Gasteiger partial charge on any atom is 0.267 e. The zero-order valence-electron chi connectivity index (χ0n) is 9.11. The van der Waals surface area contributed by atoms with E-state index in [0.717, 1.165) is 17.6 Å². The first-order valence-corrected chi connectivity index (χ1v) is 5.88. The number of nitrogens with zero attached hydrogens (tertiary/aromatic N) is 2. The van der Waals surface area contributed by atoms with Gasteiger partial charge in [0, 0.05) is 6.20 Å². The number of aromatic nitrogens is 2. The molecule has 0 aliphatic carbocycles. The molecule has 0 aliphatic heterocycles. The van der Waals surface area contributed by atoms with Crippen LogP contribution in [0.15, 0.2) is 24.7 Å². The average molecular weight is 251 g/mol. The van der Waals surface area contributed by atoms with Crippen molar-refractivity contribution in [3.63, 3.8) is 0 Å². The second-order valence-corrected chi connectivity index (χ2v) is 4.40. The number of aryl methyl sites for hydroxylation is 1. The van der Waals surface area contributed by atoms with Crippen molar-refractivity contribution in [1.29, 1.82) is 0 Å². The molecule has 2 heterocycles. The highest BCUT2D eigenvalue weighted by molar-refractivity contribution is 7.13. The number of hydrogen-bond donors (Lipinski definition) is 1. The number of amides is 1. The van der Waals surface area contributed by atoms with Crippen LogP contribution in [0.3, 0.4) is 0 Å². The zero-order chi connectivity index (χ0) is 12.3. The fraction of sp³-hybridized carbons (Fsp3) is 0.182. The van der Waals surface area contributed by atoms with Crippen LogP contribution in [0, 0.1) is 5.82 Å². The number of carbonyl (C=O) groups is 1. The average Bonchev–Trinajstić information content (AvgIpc) is 2.81. The van der Waals surface area contributed by atoms with Gasteiger partial charge in [0.1, 0.15) is 4.88 Å². The van der Waals surface area contributed by atoms with Crippen molar-refractivity contribution in [3.8, 4) is 0 Å². The third-order valence-electron chi connectivity index (χ3n) is 2.10. The molecule has 0 bridgehead atoms. The van der Waals surface area contributed by atoms with Gasteiger partial charge in [-0.3, -0.25) is 9.78 Å². The van der Waals surface area contributed by atoms with E-state index in [2.05, 4.69) is 15.3 Å². The predicted molar refractivity (Wildman–Crippen MR) is 63.6 cm³/mol. The lowest BCUT2D eigenvalue weighted by Gasteiger charge is -2.03. The number of hydrogen-bond acceptors (Lipinski definition) is 4. The molecule has 0 aliphatic rings. The summed E-state index contributed by atoms with van der Waals surface area (Å²) in [5.74, 6) is -0.909. The van der Waals surface area contributed by atoms with E-state index in [0.29, 0.717) is 4.88 Å². The minimum absolute atomic E-state index is 0.122. The van der Waals surface area contributed by atoms with Gasteiger partial charge >= 0.3 is 0 Å². The van der Waals surface area contributed by atoms with Gasteiger partial charge in [0.15, 0.2) is 5.82 Å². The molecular formula is C11H10FN3OS. The van der Waals surface area contributed by atoms with Crippen LogP contribution >= 0.6 is 11.3 Å². The largest absolute Gasteiger partial charge is 0.319 e. The summed E-state index contributed by atoms with van der Waals surface area (Å²) in [5.41, 5.74) is 0.122. The second-order valence-electron chi connectivity index (χ2n) is 3.28. The zero-order valence-corrected chi connectivity index (χ0v) is 9.92. The molecule has 0 unspecified atom stereocenters. The molecule has 0 spiro atoms. The Bertz CT molecular complexity index is 541. The molecular weight excluding hydrogens is 241 g/mol. The maximum absolute atomic E-state index is 13.2. The van der Waals surface area contributed by atoms with Gasteiger partial charge in [-0.05, 0) is 12.5 Å². The minimum atomic E-state index is -0.555. The van der Waals surface area contributed by atoms with Gasteiger partial charge in [-0.2, -0.15) is 0 Å². The third-order valence-corrected chi connectivity index (χ3v) is 3.24. The molecule has 0 saturated carbocycles. The van der Waals surface area contributed by atoms with Crippen LogP contribution in [0.25, 0.3) is 0 Å². The van der Waals surface area contributed by atoms with Crippen molar-refractivity contribution >= 4 is 22.9 Å². The second kappa shape index (κ2) is 5.01. The molecule has 0 atom stereocenters. The van der Waals surface area contributed by atoms with E-state index in [-0.39, 0.29) is 11.6 Å². The number of rotatable bonds is 3. The smallest absolute Gasteiger partial charge is 0.267 e. The first-order valence-electron chi connectivity index (χ1n) is 5.06. The highest BCUT2D eigenvalue weighted by atomic mass is 32.1. The molecule has 17 heavy (non-hydrogen) atoms. The van der Waals surface area contributed by atoms with Crippen LogP contribution in [0.4, 0.5) is 10.1 Å². The molecule has 0 radical (unpaired) electrons. The van der Waals surface area contributed by atoms with Crippen molar-refractivity contribution in [2.45, 2.75) is 13.3 Å². The molecule has 1 amide bonds. The van der Waals surface area contributed by atoms with Gasteiger partial charge in [0.25, 0.3) is 5.91 Å². The Morgan fingerprint density at radius 1 is 1.53 bits per heavy atom. The fourth-order valence-corrected chi connectivity index (χ4v) is 1.99. The van der Waals surface area contributed by atoms with Crippen molar-refractivity contribution in [2.24, 2.45) is 0 Å². The SMILES string of the molecule is CCc1ncc(C(=O)Nc2ccncc2F)s1. The molecule has 0 aromatic carbocycles. The van der Waals surface area contributed by atoms with Gasteiger partial charge < -0.3 is 5.32 Å². The van der Waals surface area contributed by atoms with Crippen molar-refractivity contribution in [1.82, 2.24) is 9.97 Å². The van der Waals surface area contributed by atoms with Crippen LogP contribution in [0.2, 0.25) is 0 Å². The van der Waals surface area contributed by atoms with Crippen LogP contribution in [0.5, 0.6) is 0 Å². The summed E-state index contributed by atoms with van der Waals surface area (Å²) < 4.78 is 13.2. The van der Waals surface area contributed by atoms with E-state index in [1.54, 1.807) is 0 Å². The number of nitrogens with one attached hydrogen (secondary N) is 1. The van der Waals surface area contributed by atoms with E-state index in [1.807, 2.05) is 6.92 Å². The maximum atomic E-state index is 13.2. The lowest BCUT2D eigenvalue weighted by molar-refractivity contribution is 0.103. The van der Waals surface area contributed by atoms with E-state index in [4.69, 9.17) is 0 Å². The van der Waals surface area contributed by atoms with Gasteiger partial charge in [-0.1, -0.05) is 6.92 Å². The number of halogens is 1. The Morgan fingerprint density at radius 3 is 3.00 bits per heavy atom. The number of thiazole rings is 1. The topological polar surface area (TPSA) is 54.9 Å². The summed E-state index contributed by atoms with van der Waals surface area (Å²) in [5, 5.41) is 3.36. The summed E-state index contributed by atoms with van der Waals surface area (Å²) in [7, 11) is 0. The van der Waals surface area contributed by atoms with Crippen molar-refractivity contribution < 1.29 is 9.18 Å². The molecule has 88 valence electrons. The molecule has 2 aromatic rings. The minimum Gasteiger partial charge on any atom is -0.319 e. The predicted octanol–water partition coefficient (Wildman–Crippen LogP) is 2.49. The van der Waals surface area contributed by atoms with Crippen LogP contribution < -0.4 is 5.32 Å². The molecule has 1 N–H and O–H groups in total. The monoisotopic (exact) mass is 251 g/mol. The van der Waals surface area contributed by atoms with E-state index in [9.17, 15) is 9.18 Å². The van der Waals surface area contributed by atoms with E-state index in [1.165, 1.54) is 29.8 Å². The van der Waals surface area contributed by atoms with Crippen LogP contribution in [-0.2, 0) is 6.42 Å². The summed E-state index contributed by atoms with van der Waals surface area (Å²) in [6.45, 7) is 1.96. The summed E-state index contributed by atoms with van der Waals surface area (Å²) in [6, 6.07) is 1.41. The first-order chi connectivity index (χ1) is 8.20. The lowest BCUT2D eigenvalue weighted by Crippen LogP contribution is -2.11. The quantitative estimate of drug-likeness (QED) is 0.911. The summed E-state index contributed by atoms with van der Waals surface area (Å²) >= 11 is 1.30. The van der Waals surface area contributed by atoms with Gasteiger partial charge in [0.05, 0.1) is 23.1 Å². The fourth-order valence-electron chi connectivity index (χ4n) is 1.24. The Kier molecular flexibility index (Phi) is 3.43. The Hall–Kier alpha value is -1.82. The standard InChI is InChI=1S/C11H10FN3OS/c1-2-10-14-6-9(17-10)11(16)15-8-3-4-13-5-7(8)12/h3-6H,2H2,1H3,(H,13,15,16). The van der Waals surface area contributed by atoms with E-state index < -0.39 is 5.82 Å².